The molecule has 0 bridgehead atoms. The molecule has 7 nitrogen and oxygen atoms in total. The highest BCUT2D eigenvalue weighted by molar-refractivity contribution is 5.80. The van der Waals surface area contributed by atoms with E-state index in [1.54, 1.807) is 6.26 Å². The van der Waals surface area contributed by atoms with E-state index < -0.39 is 0 Å². The number of rotatable bonds is 7. The third kappa shape index (κ3) is 4.86. The Labute approximate surface area is 155 Å². The Balaban J connectivity index is 1.61. The predicted octanol–water partition coefficient (Wildman–Crippen LogP) is 2.32. The maximum absolute atomic E-state index is 5.39. The molecule has 1 aliphatic rings. The minimum absolute atomic E-state index is 0.313. The summed E-state index contributed by atoms with van der Waals surface area (Å²) in [7, 11) is 0. The second-order valence-corrected chi connectivity index (χ2v) is 6.87. The van der Waals surface area contributed by atoms with Gasteiger partial charge in [0.1, 0.15) is 11.6 Å². The van der Waals surface area contributed by atoms with Gasteiger partial charge in [-0.15, -0.1) is 0 Å². The number of nitrogens with zero attached hydrogens (tertiary/aromatic N) is 4. The predicted molar refractivity (Wildman–Crippen MR) is 102 cm³/mol. The molecule has 2 aromatic rings. The standard InChI is InChI=1S/C19H30N6O/c1-4-14(3)21-19(20-11-10-16-7-6-12-26-16)22-15-8-9-18-23-17(5-2)24-25(18)13-15/h6-7,12,14-15H,4-5,8-11,13H2,1-3H3,(H2,20,21,22). The molecule has 142 valence electrons. The SMILES string of the molecule is CCc1nc2n(n1)CC(NC(=NCCc1ccco1)NC(C)CC)CC2. The van der Waals surface area contributed by atoms with Gasteiger partial charge in [-0.05, 0) is 31.9 Å². The quantitative estimate of drug-likeness (QED) is 0.586. The van der Waals surface area contributed by atoms with Gasteiger partial charge in [-0.2, -0.15) is 5.10 Å². The van der Waals surface area contributed by atoms with Crippen molar-refractivity contribution in [3.63, 3.8) is 0 Å². The number of furan rings is 1. The minimum atomic E-state index is 0.313. The number of hydrogen-bond acceptors (Lipinski definition) is 4. The first-order valence-electron chi connectivity index (χ1n) is 9.70. The van der Waals surface area contributed by atoms with Gasteiger partial charge in [0.05, 0.1) is 12.8 Å². The summed E-state index contributed by atoms with van der Waals surface area (Å²) in [5.74, 6) is 3.88. The lowest BCUT2D eigenvalue weighted by Crippen LogP contribution is -2.49. The second kappa shape index (κ2) is 8.87. The van der Waals surface area contributed by atoms with Crippen LogP contribution in [0.3, 0.4) is 0 Å². The Morgan fingerprint density at radius 3 is 3.08 bits per heavy atom. The summed E-state index contributed by atoms with van der Waals surface area (Å²) in [6.07, 6.45) is 6.44. The summed E-state index contributed by atoms with van der Waals surface area (Å²) in [4.78, 5) is 9.34. The molecule has 1 aliphatic heterocycles. The van der Waals surface area contributed by atoms with Crippen LogP contribution < -0.4 is 10.6 Å². The Morgan fingerprint density at radius 1 is 1.46 bits per heavy atom. The lowest BCUT2D eigenvalue weighted by Gasteiger charge is -2.26. The summed E-state index contributed by atoms with van der Waals surface area (Å²) in [5.41, 5.74) is 0. The van der Waals surface area contributed by atoms with Crippen LogP contribution in [-0.4, -0.2) is 39.4 Å². The smallest absolute Gasteiger partial charge is 0.191 e. The van der Waals surface area contributed by atoms with E-state index in [9.17, 15) is 0 Å². The topological polar surface area (TPSA) is 80.3 Å². The van der Waals surface area contributed by atoms with Crippen LogP contribution in [0.4, 0.5) is 0 Å². The van der Waals surface area contributed by atoms with Crippen LogP contribution >= 0.6 is 0 Å². The van der Waals surface area contributed by atoms with Crippen molar-refractivity contribution in [2.24, 2.45) is 4.99 Å². The van der Waals surface area contributed by atoms with E-state index in [0.717, 1.165) is 62.0 Å². The van der Waals surface area contributed by atoms with Crippen molar-refractivity contribution in [1.29, 1.82) is 0 Å². The van der Waals surface area contributed by atoms with E-state index in [-0.39, 0.29) is 0 Å². The highest BCUT2D eigenvalue weighted by atomic mass is 16.3. The number of hydrogen-bond donors (Lipinski definition) is 2. The molecule has 3 rings (SSSR count). The summed E-state index contributed by atoms with van der Waals surface area (Å²) in [5, 5.41) is 11.7. The molecule has 0 saturated carbocycles. The molecule has 0 fully saturated rings. The van der Waals surface area contributed by atoms with Crippen molar-refractivity contribution >= 4 is 5.96 Å². The van der Waals surface area contributed by atoms with Crippen LogP contribution in [0.15, 0.2) is 27.8 Å². The second-order valence-electron chi connectivity index (χ2n) is 6.87. The van der Waals surface area contributed by atoms with Gasteiger partial charge >= 0.3 is 0 Å². The highest BCUT2D eigenvalue weighted by Crippen LogP contribution is 2.13. The molecule has 0 saturated heterocycles. The lowest BCUT2D eigenvalue weighted by atomic mass is 10.1. The fraction of sp³-hybridized carbons (Fsp3) is 0.632. The zero-order valence-corrected chi connectivity index (χ0v) is 16.0. The average Bonchev–Trinajstić information content (AvgIpc) is 3.30. The Bertz CT molecular complexity index is 706. The number of fused-ring (bicyclic) bond motifs is 1. The van der Waals surface area contributed by atoms with Gasteiger partial charge in [0.25, 0.3) is 0 Å². The van der Waals surface area contributed by atoms with Crippen molar-refractivity contribution < 1.29 is 4.42 Å². The average molecular weight is 358 g/mol. The van der Waals surface area contributed by atoms with Gasteiger partial charge in [0, 0.05) is 37.9 Å². The van der Waals surface area contributed by atoms with Crippen molar-refractivity contribution in [2.45, 2.75) is 71.5 Å². The number of aryl methyl sites for hydroxylation is 2. The van der Waals surface area contributed by atoms with E-state index in [4.69, 9.17) is 9.41 Å². The van der Waals surface area contributed by atoms with Crippen molar-refractivity contribution in [3.05, 3.63) is 35.8 Å². The van der Waals surface area contributed by atoms with Crippen LogP contribution in [0.2, 0.25) is 0 Å². The van der Waals surface area contributed by atoms with Crippen molar-refractivity contribution in [3.8, 4) is 0 Å². The van der Waals surface area contributed by atoms with Crippen LogP contribution in [0.1, 0.15) is 51.0 Å². The zero-order chi connectivity index (χ0) is 18.4. The molecule has 0 radical (unpaired) electrons. The van der Waals surface area contributed by atoms with Gasteiger partial charge in [-0.1, -0.05) is 13.8 Å². The molecule has 2 unspecified atom stereocenters. The van der Waals surface area contributed by atoms with Crippen molar-refractivity contribution in [1.82, 2.24) is 25.4 Å². The first-order chi connectivity index (χ1) is 12.7. The molecule has 0 aromatic carbocycles. The van der Waals surface area contributed by atoms with E-state index in [2.05, 4.69) is 41.5 Å². The van der Waals surface area contributed by atoms with Gasteiger partial charge in [0.2, 0.25) is 0 Å². The van der Waals surface area contributed by atoms with E-state index in [0.29, 0.717) is 18.6 Å². The molecule has 0 spiro atoms. The van der Waals surface area contributed by atoms with Crippen LogP contribution in [0.5, 0.6) is 0 Å². The first kappa shape index (κ1) is 18.5. The molecule has 2 aromatic heterocycles. The third-order valence-electron chi connectivity index (χ3n) is 4.76. The maximum atomic E-state index is 5.39. The molecule has 3 heterocycles. The third-order valence-corrected chi connectivity index (χ3v) is 4.76. The lowest BCUT2D eigenvalue weighted by molar-refractivity contribution is 0.390. The monoisotopic (exact) mass is 358 g/mol. The number of aromatic nitrogens is 3. The van der Waals surface area contributed by atoms with Gasteiger partial charge in [-0.3, -0.25) is 4.99 Å². The van der Waals surface area contributed by atoms with Gasteiger partial charge in [0.15, 0.2) is 11.8 Å². The van der Waals surface area contributed by atoms with Crippen molar-refractivity contribution in [2.75, 3.05) is 6.54 Å². The van der Waals surface area contributed by atoms with Crippen LogP contribution in [0, 0.1) is 0 Å². The zero-order valence-electron chi connectivity index (χ0n) is 16.0. The van der Waals surface area contributed by atoms with Gasteiger partial charge in [-0.25, -0.2) is 9.67 Å². The summed E-state index contributed by atoms with van der Waals surface area (Å²) in [6.45, 7) is 7.97. The summed E-state index contributed by atoms with van der Waals surface area (Å²) in [6, 6.07) is 4.59. The van der Waals surface area contributed by atoms with E-state index >= 15 is 0 Å². The number of nitrogens with one attached hydrogen (secondary N) is 2. The van der Waals surface area contributed by atoms with E-state index in [1.807, 2.05) is 16.8 Å². The minimum Gasteiger partial charge on any atom is -0.469 e. The normalized spacial score (nSPS) is 18.4. The Kier molecular flexibility index (Phi) is 6.30. The molecule has 0 amide bonds. The van der Waals surface area contributed by atoms with Gasteiger partial charge < -0.3 is 15.1 Å². The molecular formula is C19H30N6O. The fourth-order valence-corrected chi connectivity index (χ4v) is 3.02. The molecule has 2 atom stereocenters. The molecule has 2 N–H and O–H groups in total. The highest BCUT2D eigenvalue weighted by Gasteiger charge is 2.22. The molecular weight excluding hydrogens is 328 g/mol. The summed E-state index contributed by atoms with van der Waals surface area (Å²) >= 11 is 0. The van der Waals surface area contributed by atoms with E-state index in [1.165, 1.54) is 0 Å². The first-order valence-corrected chi connectivity index (χ1v) is 9.70. The Morgan fingerprint density at radius 2 is 2.35 bits per heavy atom. The maximum Gasteiger partial charge on any atom is 0.191 e. The van der Waals surface area contributed by atoms with Crippen LogP contribution in [0.25, 0.3) is 0 Å². The Hall–Kier alpha value is -2.31. The number of aliphatic imine (C=N–C) groups is 1. The number of guanidine groups is 1. The fourth-order valence-electron chi connectivity index (χ4n) is 3.02. The van der Waals surface area contributed by atoms with Crippen LogP contribution in [-0.2, 0) is 25.8 Å². The molecule has 7 heteroatoms. The molecule has 26 heavy (non-hydrogen) atoms. The largest absolute Gasteiger partial charge is 0.469 e. The summed E-state index contributed by atoms with van der Waals surface area (Å²) < 4.78 is 7.44. The molecule has 0 aliphatic carbocycles.